The fourth-order valence-corrected chi connectivity index (χ4v) is 1.76. The standard InChI is InChI=1S/C12H14F2N4/c1-8(12-10(13)4-3-5-11(12)14)15-6-9-7-16-17-18(9)2/h3-5,7-8,15H,6H2,1-2H3. The van der Waals surface area contributed by atoms with E-state index in [1.165, 1.54) is 18.2 Å². The normalized spacial score (nSPS) is 12.7. The van der Waals surface area contributed by atoms with Crippen LogP contribution in [0.3, 0.4) is 0 Å². The van der Waals surface area contributed by atoms with Crippen molar-refractivity contribution in [3.05, 3.63) is 47.3 Å². The first-order chi connectivity index (χ1) is 8.59. The van der Waals surface area contributed by atoms with Gasteiger partial charge in [-0.25, -0.2) is 8.78 Å². The molecule has 96 valence electrons. The molecule has 18 heavy (non-hydrogen) atoms. The number of hydrogen-bond acceptors (Lipinski definition) is 3. The van der Waals surface area contributed by atoms with E-state index < -0.39 is 17.7 Å². The predicted octanol–water partition coefficient (Wildman–Crippen LogP) is 1.94. The molecule has 0 bridgehead atoms. The number of aryl methyl sites for hydroxylation is 1. The number of nitrogens with one attached hydrogen (secondary N) is 1. The molecule has 0 saturated heterocycles. The first-order valence-corrected chi connectivity index (χ1v) is 5.60. The van der Waals surface area contributed by atoms with Crippen molar-refractivity contribution in [1.29, 1.82) is 0 Å². The Hall–Kier alpha value is -1.82. The summed E-state index contributed by atoms with van der Waals surface area (Å²) in [6.07, 6.45) is 1.61. The summed E-state index contributed by atoms with van der Waals surface area (Å²) in [6.45, 7) is 2.16. The minimum absolute atomic E-state index is 0.0487. The molecule has 6 heteroatoms. The van der Waals surface area contributed by atoms with Gasteiger partial charge in [0, 0.05) is 25.2 Å². The Balaban J connectivity index is 2.08. The van der Waals surface area contributed by atoms with E-state index in [0.29, 0.717) is 6.54 Å². The van der Waals surface area contributed by atoms with Gasteiger partial charge in [-0.3, -0.25) is 4.68 Å². The van der Waals surface area contributed by atoms with Crippen molar-refractivity contribution in [2.45, 2.75) is 19.5 Å². The molecule has 4 nitrogen and oxygen atoms in total. The second-order valence-corrected chi connectivity index (χ2v) is 4.09. The Kier molecular flexibility index (Phi) is 3.66. The maximum atomic E-state index is 13.5. The van der Waals surface area contributed by atoms with Crippen molar-refractivity contribution < 1.29 is 8.78 Å². The largest absolute Gasteiger partial charge is 0.304 e. The van der Waals surface area contributed by atoms with Crippen LogP contribution in [0.25, 0.3) is 0 Å². The number of benzene rings is 1. The van der Waals surface area contributed by atoms with Gasteiger partial charge in [0.1, 0.15) is 11.6 Å². The summed E-state index contributed by atoms with van der Waals surface area (Å²) in [6, 6.07) is 3.43. The molecule has 0 spiro atoms. The van der Waals surface area contributed by atoms with Gasteiger partial charge in [0.25, 0.3) is 0 Å². The molecule has 0 saturated carbocycles. The highest BCUT2D eigenvalue weighted by Gasteiger charge is 2.15. The summed E-state index contributed by atoms with van der Waals surface area (Å²) in [5.41, 5.74) is 0.895. The predicted molar refractivity (Wildman–Crippen MR) is 62.6 cm³/mol. The highest BCUT2D eigenvalue weighted by Crippen LogP contribution is 2.20. The van der Waals surface area contributed by atoms with E-state index >= 15 is 0 Å². The van der Waals surface area contributed by atoms with E-state index in [1.54, 1.807) is 24.9 Å². The van der Waals surface area contributed by atoms with Crippen LogP contribution in [0, 0.1) is 11.6 Å². The fraction of sp³-hybridized carbons (Fsp3) is 0.333. The minimum atomic E-state index is -0.543. The lowest BCUT2D eigenvalue weighted by atomic mass is 10.1. The first-order valence-electron chi connectivity index (χ1n) is 5.60. The highest BCUT2D eigenvalue weighted by molar-refractivity contribution is 5.22. The molecule has 1 aromatic carbocycles. The second-order valence-electron chi connectivity index (χ2n) is 4.09. The van der Waals surface area contributed by atoms with Crippen LogP contribution < -0.4 is 5.32 Å². The summed E-state index contributed by atoms with van der Waals surface area (Å²) >= 11 is 0. The van der Waals surface area contributed by atoms with Crippen LogP contribution in [0.15, 0.2) is 24.4 Å². The third kappa shape index (κ3) is 2.53. The number of rotatable bonds is 4. The zero-order valence-electron chi connectivity index (χ0n) is 10.2. The minimum Gasteiger partial charge on any atom is -0.304 e. The smallest absolute Gasteiger partial charge is 0.130 e. The maximum absolute atomic E-state index is 13.5. The topological polar surface area (TPSA) is 42.7 Å². The lowest BCUT2D eigenvalue weighted by Crippen LogP contribution is -2.21. The zero-order valence-corrected chi connectivity index (χ0v) is 10.2. The molecule has 2 aromatic rings. The van der Waals surface area contributed by atoms with E-state index in [9.17, 15) is 8.78 Å². The van der Waals surface area contributed by atoms with Crippen molar-refractivity contribution in [3.8, 4) is 0 Å². The third-order valence-corrected chi connectivity index (χ3v) is 2.83. The monoisotopic (exact) mass is 252 g/mol. The zero-order chi connectivity index (χ0) is 13.1. The van der Waals surface area contributed by atoms with Gasteiger partial charge >= 0.3 is 0 Å². The van der Waals surface area contributed by atoms with Crippen LogP contribution in [-0.2, 0) is 13.6 Å². The maximum Gasteiger partial charge on any atom is 0.130 e. The summed E-state index contributed by atoms with van der Waals surface area (Å²) in [5, 5.41) is 10.6. The molecule has 0 amide bonds. The Morgan fingerprint density at radius 1 is 1.33 bits per heavy atom. The average Bonchev–Trinajstić information content (AvgIpc) is 2.72. The van der Waals surface area contributed by atoms with Gasteiger partial charge in [0.2, 0.25) is 0 Å². The van der Waals surface area contributed by atoms with E-state index in [2.05, 4.69) is 15.6 Å². The van der Waals surface area contributed by atoms with Crippen LogP contribution in [0.4, 0.5) is 8.78 Å². The van der Waals surface area contributed by atoms with Crippen LogP contribution in [0.2, 0.25) is 0 Å². The molecule has 1 atom stereocenters. The molecule has 0 aliphatic rings. The van der Waals surface area contributed by atoms with E-state index in [0.717, 1.165) is 5.69 Å². The second kappa shape index (κ2) is 5.22. The molecule has 0 aliphatic heterocycles. The third-order valence-electron chi connectivity index (χ3n) is 2.83. The van der Waals surface area contributed by atoms with Crippen LogP contribution >= 0.6 is 0 Å². The van der Waals surface area contributed by atoms with Gasteiger partial charge < -0.3 is 5.32 Å². The Bertz CT molecular complexity index is 518. The quantitative estimate of drug-likeness (QED) is 0.904. The molecular formula is C12H14F2N4. The van der Waals surface area contributed by atoms with Gasteiger partial charge in [-0.15, -0.1) is 5.10 Å². The van der Waals surface area contributed by atoms with Crippen LogP contribution in [0.5, 0.6) is 0 Å². The Labute approximate surface area is 104 Å². The van der Waals surface area contributed by atoms with Crippen LogP contribution in [0.1, 0.15) is 24.2 Å². The van der Waals surface area contributed by atoms with Gasteiger partial charge in [0.05, 0.1) is 11.9 Å². The molecule has 1 heterocycles. The number of hydrogen-bond donors (Lipinski definition) is 1. The SMILES string of the molecule is CC(NCc1cnnn1C)c1c(F)cccc1F. The molecule has 0 fully saturated rings. The van der Waals surface area contributed by atoms with E-state index in [4.69, 9.17) is 0 Å². The first kappa shape index (κ1) is 12.6. The average molecular weight is 252 g/mol. The van der Waals surface area contributed by atoms with E-state index in [-0.39, 0.29) is 5.56 Å². The van der Waals surface area contributed by atoms with Crippen molar-refractivity contribution in [2.24, 2.45) is 7.05 Å². The fourth-order valence-electron chi connectivity index (χ4n) is 1.76. The van der Waals surface area contributed by atoms with Gasteiger partial charge in [0.15, 0.2) is 0 Å². The van der Waals surface area contributed by atoms with Crippen molar-refractivity contribution in [1.82, 2.24) is 20.3 Å². The van der Waals surface area contributed by atoms with Crippen molar-refractivity contribution in [3.63, 3.8) is 0 Å². The Morgan fingerprint density at radius 2 is 2.00 bits per heavy atom. The van der Waals surface area contributed by atoms with Gasteiger partial charge in [-0.05, 0) is 19.1 Å². The van der Waals surface area contributed by atoms with Crippen molar-refractivity contribution >= 4 is 0 Å². The molecule has 2 rings (SSSR count). The summed E-state index contributed by atoms with van der Waals surface area (Å²) in [7, 11) is 1.76. The summed E-state index contributed by atoms with van der Waals surface area (Å²) in [5.74, 6) is -1.09. The molecule has 1 N–H and O–H groups in total. The van der Waals surface area contributed by atoms with E-state index in [1.807, 2.05) is 0 Å². The number of nitrogens with zero attached hydrogens (tertiary/aromatic N) is 3. The van der Waals surface area contributed by atoms with Crippen molar-refractivity contribution in [2.75, 3.05) is 0 Å². The highest BCUT2D eigenvalue weighted by atomic mass is 19.1. The lowest BCUT2D eigenvalue weighted by Gasteiger charge is -2.15. The number of aromatic nitrogens is 3. The van der Waals surface area contributed by atoms with Gasteiger partial charge in [-0.1, -0.05) is 11.3 Å². The molecular weight excluding hydrogens is 238 g/mol. The summed E-state index contributed by atoms with van der Waals surface area (Å²) < 4.78 is 28.7. The molecule has 1 aromatic heterocycles. The molecule has 0 aliphatic carbocycles. The summed E-state index contributed by atoms with van der Waals surface area (Å²) in [4.78, 5) is 0. The molecule has 1 unspecified atom stereocenters. The van der Waals surface area contributed by atoms with Gasteiger partial charge in [-0.2, -0.15) is 0 Å². The number of halogens is 2. The molecule has 0 radical (unpaired) electrons. The Morgan fingerprint density at radius 3 is 2.56 bits per heavy atom. The van der Waals surface area contributed by atoms with Crippen LogP contribution in [-0.4, -0.2) is 15.0 Å². The lowest BCUT2D eigenvalue weighted by molar-refractivity contribution is 0.480.